The van der Waals surface area contributed by atoms with Crippen LogP contribution in [0.3, 0.4) is 0 Å². The van der Waals surface area contributed by atoms with Crippen LogP contribution in [0.25, 0.3) is 11.2 Å². The lowest BCUT2D eigenvalue weighted by atomic mass is 10.0. The second-order valence-corrected chi connectivity index (χ2v) is 10.9. The Kier molecular flexibility index (Phi) is 5.69. The summed E-state index contributed by atoms with van der Waals surface area (Å²) >= 11 is 6.12. The van der Waals surface area contributed by atoms with Crippen LogP contribution in [0.4, 0.5) is 15.4 Å². The van der Waals surface area contributed by atoms with Crippen LogP contribution in [0.2, 0.25) is 5.28 Å². The molecule has 5 atom stereocenters. The standard InChI is InChI=1S/C21H28ClN5O7/c1-19(2,3)33-17(29)25-13-9-14(26-16(22)24-13)27(8-23-9)15-12(21(7)10(28)11(21)31-15)32-18(30)34-20(4,5)6/h8,10-12,15,28H,1-7H3,(H,24,25,26,29)/t10?,11-,12+,15-,21-/m1/s1. The summed E-state index contributed by atoms with van der Waals surface area (Å²) < 4.78 is 23.7. The van der Waals surface area contributed by atoms with E-state index in [9.17, 15) is 14.7 Å². The van der Waals surface area contributed by atoms with E-state index in [1.807, 2.05) is 0 Å². The summed E-state index contributed by atoms with van der Waals surface area (Å²) in [5, 5.41) is 12.7. The van der Waals surface area contributed by atoms with Crippen molar-refractivity contribution in [2.75, 3.05) is 5.32 Å². The Hall–Kier alpha value is -2.70. The number of ether oxygens (including phenoxy) is 4. The molecule has 2 aliphatic rings. The number of hydrogen-bond donors (Lipinski definition) is 2. The van der Waals surface area contributed by atoms with Crippen molar-refractivity contribution >= 4 is 40.8 Å². The maximum absolute atomic E-state index is 12.4. The number of amides is 1. The van der Waals surface area contributed by atoms with Crippen LogP contribution in [-0.2, 0) is 18.9 Å². The second kappa shape index (κ2) is 7.92. The molecule has 1 saturated carbocycles. The quantitative estimate of drug-likeness (QED) is 0.477. The molecular formula is C21H28ClN5O7. The lowest BCUT2D eigenvalue weighted by Gasteiger charge is -2.28. The van der Waals surface area contributed by atoms with Crippen molar-refractivity contribution < 1.29 is 33.6 Å². The van der Waals surface area contributed by atoms with Gasteiger partial charge in [-0.05, 0) is 53.1 Å². The van der Waals surface area contributed by atoms with Crippen molar-refractivity contribution in [3.63, 3.8) is 0 Å². The Morgan fingerprint density at radius 2 is 1.82 bits per heavy atom. The number of carbonyl (C=O) groups excluding carboxylic acids is 2. The van der Waals surface area contributed by atoms with Crippen molar-refractivity contribution in [1.82, 2.24) is 19.5 Å². The first kappa shape index (κ1) is 24.4. The molecule has 1 aliphatic heterocycles. The third-order valence-corrected chi connectivity index (χ3v) is 5.66. The smallest absolute Gasteiger partial charge is 0.444 e. The van der Waals surface area contributed by atoms with E-state index in [0.29, 0.717) is 0 Å². The molecule has 2 aromatic heterocycles. The van der Waals surface area contributed by atoms with Crippen molar-refractivity contribution in [3.8, 4) is 0 Å². The molecule has 34 heavy (non-hydrogen) atoms. The van der Waals surface area contributed by atoms with Gasteiger partial charge in [0.15, 0.2) is 29.3 Å². The lowest BCUT2D eigenvalue weighted by molar-refractivity contribution is -0.104. The number of nitrogens with one attached hydrogen (secondary N) is 1. The highest BCUT2D eigenvalue weighted by molar-refractivity contribution is 6.28. The molecule has 186 valence electrons. The number of rotatable bonds is 3. The molecule has 1 amide bonds. The molecule has 12 nitrogen and oxygen atoms in total. The van der Waals surface area contributed by atoms with E-state index >= 15 is 0 Å². The molecule has 0 bridgehead atoms. The largest absolute Gasteiger partial charge is 0.509 e. The van der Waals surface area contributed by atoms with Gasteiger partial charge in [0.25, 0.3) is 0 Å². The van der Waals surface area contributed by atoms with Crippen LogP contribution < -0.4 is 5.32 Å². The monoisotopic (exact) mass is 497 g/mol. The average molecular weight is 498 g/mol. The van der Waals surface area contributed by atoms with E-state index < -0.39 is 53.4 Å². The fraction of sp³-hybridized carbons (Fsp3) is 0.667. The van der Waals surface area contributed by atoms with Crippen LogP contribution in [0, 0.1) is 5.41 Å². The predicted molar refractivity (Wildman–Crippen MR) is 119 cm³/mol. The summed E-state index contributed by atoms with van der Waals surface area (Å²) in [6.45, 7) is 12.1. The minimum absolute atomic E-state index is 0.0435. The fourth-order valence-corrected chi connectivity index (χ4v) is 4.05. The molecule has 0 radical (unpaired) electrons. The molecule has 0 aromatic carbocycles. The zero-order valence-electron chi connectivity index (χ0n) is 20.0. The number of nitrogens with zero attached hydrogens (tertiary/aromatic N) is 4. The molecular weight excluding hydrogens is 470 g/mol. The molecule has 1 unspecified atom stereocenters. The lowest BCUT2D eigenvalue weighted by Crippen LogP contribution is -2.37. The van der Waals surface area contributed by atoms with E-state index in [0.717, 1.165) is 0 Å². The summed E-state index contributed by atoms with van der Waals surface area (Å²) in [5.74, 6) is 0.0435. The highest BCUT2D eigenvalue weighted by atomic mass is 35.5. The molecule has 2 N–H and O–H groups in total. The number of fused-ring (bicyclic) bond motifs is 2. The molecule has 0 spiro atoms. The molecule has 4 rings (SSSR count). The fourth-order valence-electron chi connectivity index (χ4n) is 3.89. The molecule has 13 heteroatoms. The third-order valence-electron chi connectivity index (χ3n) is 5.49. The van der Waals surface area contributed by atoms with Crippen LogP contribution in [0.5, 0.6) is 0 Å². The van der Waals surface area contributed by atoms with E-state index in [2.05, 4.69) is 20.3 Å². The summed E-state index contributed by atoms with van der Waals surface area (Å²) in [7, 11) is 0. The first-order chi connectivity index (χ1) is 15.6. The summed E-state index contributed by atoms with van der Waals surface area (Å²) in [5.41, 5.74) is -1.87. The molecule has 1 aliphatic carbocycles. The van der Waals surface area contributed by atoms with Crippen molar-refractivity contribution in [2.24, 2.45) is 5.41 Å². The highest BCUT2D eigenvalue weighted by Gasteiger charge is 2.76. The Morgan fingerprint density at radius 3 is 2.44 bits per heavy atom. The van der Waals surface area contributed by atoms with E-state index in [1.54, 1.807) is 48.5 Å². The van der Waals surface area contributed by atoms with Crippen molar-refractivity contribution in [3.05, 3.63) is 11.6 Å². The van der Waals surface area contributed by atoms with Crippen LogP contribution in [0.1, 0.15) is 54.7 Å². The van der Waals surface area contributed by atoms with Gasteiger partial charge in [0.2, 0.25) is 5.28 Å². The minimum atomic E-state index is -0.907. The number of halogens is 1. The SMILES string of the molecule is CC(C)(C)OC(=O)Nc1nc(Cl)nc2c1ncn2[C@@H]1O[C@@H]2C(O)[C@@]2(C)[C@H]1OC(=O)OC(C)(C)C. The average Bonchev–Trinajstić information content (AvgIpc) is 2.95. The Labute approximate surface area is 200 Å². The third kappa shape index (κ3) is 4.49. The van der Waals surface area contributed by atoms with Gasteiger partial charge in [-0.25, -0.2) is 14.6 Å². The van der Waals surface area contributed by atoms with E-state index in [4.69, 9.17) is 30.5 Å². The van der Waals surface area contributed by atoms with Gasteiger partial charge < -0.3 is 24.1 Å². The number of aromatic nitrogens is 4. The maximum Gasteiger partial charge on any atom is 0.509 e. The Bertz CT molecular complexity index is 1140. The van der Waals surface area contributed by atoms with Crippen LogP contribution in [-0.4, -0.2) is 66.4 Å². The number of anilines is 1. The van der Waals surface area contributed by atoms with Gasteiger partial charge in [-0.2, -0.15) is 9.97 Å². The first-order valence-corrected chi connectivity index (χ1v) is 11.1. The Balaban J connectivity index is 1.66. The van der Waals surface area contributed by atoms with Crippen LogP contribution >= 0.6 is 11.6 Å². The molecule has 2 aromatic rings. The number of hydrogen-bond acceptors (Lipinski definition) is 10. The number of carbonyl (C=O) groups is 2. The van der Waals surface area contributed by atoms with Gasteiger partial charge in [0, 0.05) is 0 Å². The second-order valence-electron chi connectivity index (χ2n) is 10.6. The van der Waals surface area contributed by atoms with Gasteiger partial charge in [0.05, 0.1) is 24.0 Å². The Morgan fingerprint density at radius 1 is 1.18 bits per heavy atom. The van der Waals surface area contributed by atoms with Gasteiger partial charge in [0.1, 0.15) is 11.2 Å². The van der Waals surface area contributed by atoms with Crippen molar-refractivity contribution in [2.45, 2.75) is 84.2 Å². The zero-order valence-corrected chi connectivity index (χ0v) is 20.7. The van der Waals surface area contributed by atoms with Gasteiger partial charge in [-0.15, -0.1) is 0 Å². The zero-order chi connectivity index (χ0) is 25.2. The molecule has 2 fully saturated rings. The van der Waals surface area contributed by atoms with Crippen molar-refractivity contribution in [1.29, 1.82) is 0 Å². The van der Waals surface area contributed by atoms with Gasteiger partial charge in [-0.3, -0.25) is 9.88 Å². The maximum atomic E-state index is 12.4. The summed E-state index contributed by atoms with van der Waals surface area (Å²) in [6, 6.07) is 0. The summed E-state index contributed by atoms with van der Waals surface area (Å²) in [4.78, 5) is 37.3. The number of aliphatic hydroxyl groups excluding tert-OH is 1. The number of imidazole rings is 1. The topological polar surface area (TPSA) is 147 Å². The first-order valence-electron chi connectivity index (χ1n) is 10.7. The molecule has 1 saturated heterocycles. The van der Waals surface area contributed by atoms with E-state index in [1.165, 1.54) is 10.9 Å². The number of aliphatic hydroxyl groups is 1. The normalized spacial score (nSPS) is 28.4. The van der Waals surface area contributed by atoms with Gasteiger partial charge in [-0.1, -0.05) is 6.92 Å². The highest BCUT2D eigenvalue weighted by Crippen LogP contribution is 2.62. The van der Waals surface area contributed by atoms with E-state index in [-0.39, 0.29) is 22.3 Å². The minimum Gasteiger partial charge on any atom is -0.444 e. The predicted octanol–water partition coefficient (Wildman–Crippen LogP) is 3.43. The van der Waals surface area contributed by atoms with Crippen LogP contribution in [0.15, 0.2) is 6.33 Å². The van der Waals surface area contributed by atoms with Gasteiger partial charge >= 0.3 is 12.2 Å². The molecule has 3 heterocycles. The summed E-state index contributed by atoms with van der Waals surface area (Å²) in [6.07, 6.45) is -3.37.